The van der Waals surface area contributed by atoms with Crippen LogP contribution in [-0.4, -0.2) is 4.57 Å². The van der Waals surface area contributed by atoms with Gasteiger partial charge in [0.05, 0.1) is 11.0 Å². The number of nitrogens with zero attached hydrogens (tertiary/aromatic N) is 1. The molecule has 0 fully saturated rings. The molecule has 1 nitrogen and oxygen atoms in total. The molecular weight excluding hydrogens is 326 g/mol. The lowest BCUT2D eigenvalue weighted by Gasteiger charge is -2.08. The summed E-state index contributed by atoms with van der Waals surface area (Å²) in [7, 11) is 0. The summed E-state index contributed by atoms with van der Waals surface area (Å²) in [5.74, 6) is 0. The van der Waals surface area contributed by atoms with Crippen molar-refractivity contribution in [2.24, 2.45) is 0 Å². The maximum atomic E-state index is 2.35. The maximum Gasteiger partial charge on any atom is 0.0541 e. The van der Waals surface area contributed by atoms with Gasteiger partial charge in [0.1, 0.15) is 0 Å². The normalized spacial score (nSPS) is 11.6. The Hall–Kier alpha value is -3.58. The standard InChI is InChI=1S/C26H19N/c1-2-9-20(10-3-1)17-18-21-11-8-12-22(19-21)27-25-15-6-4-13-23(25)24-14-5-7-16-26(24)27/h1-19H/b18-17+. The van der Waals surface area contributed by atoms with Crippen molar-refractivity contribution < 1.29 is 0 Å². The van der Waals surface area contributed by atoms with Gasteiger partial charge in [0.2, 0.25) is 0 Å². The van der Waals surface area contributed by atoms with Gasteiger partial charge in [-0.1, -0.05) is 91.0 Å². The Kier molecular flexibility index (Phi) is 3.84. The van der Waals surface area contributed by atoms with Crippen molar-refractivity contribution in [2.75, 3.05) is 0 Å². The van der Waals surface area contributed by atoms with Crippen molar-refractivity contribution in [3.63, 3.8) is 0 Å². The van der Waals surface area contributed by atoms with Gasteiger partial charge in [-0.05, 0) is 35.4 Å². The second-order valence-corrected chi connectivity index (χ2v) is 6.71. The molecule has 1 heteroatoms. The van der Waals surface area contributed by atoms with Gasteiger partial charge in [0.25, 0.3) is 0 Å². The van der Waals surface area contributed by atoms with Gasteiger partial charge in [0.15, 0.2) is 0 Å². The van der Waals surface area contributed by atoms with Gasteiger partial charge < -0.3 is 4.57 Å². The van der Waals surface area contributed by atoms with Crippen LogP contribution in [0.2, 0.25) is 0 Å². The van der Waals surface area contributed by atoms with E-state index in [0.717, 1.165) is 0 Å². The number of hydrogen-bond donors (Lipinski definition) is 0. The summed E-state index contributed by atoms with van der Waals surface area (Å²) in [6, 6.07) is 36.3. The molecule has 0 aliphatic carbocycles. The fourth-order valence-corrected chi connectivity index (χ4v) is 3.72. The first-order valence-electron chi connectivity index (χ1n) is 9.22. The first kappa shape index (κ1) is 15.7. The van der Waals surface area contributed by atoms with Crippen molar-refractivity contribution >= 4 is 34.0 Å². The molecule has 4 aromatic carbocycles. The van der Waals surface area contributed by atoms with Crippen molar-refractivity contribution in [3.05, 3.63) is 114 Å². The predicted octanol–water partition coefficient (Wildman–Crippen LogP) is 6.95. The van der Waals surface area contributed by atoms with E-state index in [2.05, 4.69) is 114 Å². The molecule has 5 aromatic rings. The fourth-order valence-electron chi connectivity index (χ4n) is 3.72. The molecule has 0 unspecified atom stereocenters. The highest BCUT2D eigenvalue weighted by atomic mass is 15.0. The molecule has 0 aliphatic heterocycles. The molecule has 128 valence electrons. The molecule has 1 aromatic heterocycles. The van der Waals surface area contributed by atoms with E-state index in [-0.39, 0.29) is 0 Å². The SMILES string of the molecule is C(=C\c1cccc(-n2c3ccccc3c3ccccc32)c1)/c1ccccc1. The molecule has 0 saturated heterocycles. The summed E-state index contributed by atoms with van der Waals surface area (Å²) >= 11 is 0. The Morgan fingerprint density at radius 1 is 0.481 bits per heavy atom. The van der Waals surface area contributed by atoms with Gasteiger partial charge in [0, 0.05) is 16.5 Å². The van der Waals surface area contributed by atoms with Crippen LogP contribution in [0.4, 0.5) is 0 Å². The first-order valence-corrected chi connectivity index (χ1v) is 9.22. The smallest absolute Gasteiger partial charge is 0.0541 e. The summed E-state index contributed by atoms with van der Waals surface area (Å²) < 4.78 is 2.35. The van der Waals surface area contributed by atoms with E-state index >= 15 is 0 Å². The van der Waals surface area contributed by atoms with Crippen LogP contribution in [0, 0.1) is 0 Å². The molecule has 27 heavy (non-hydrogen) atoms. The Labute approximate surface area is 158 Å². The molecule has 0 atom stereocenters. The number of para-hydroxylation sites is 2. The number of hydrogen-bond acceptors (Lipinski definition) is 0. The molecule has 5 rings (SSSR count). The van der Waals surface area contributed by atoms with E-state index < -0.39 is 0 Å². The van der Waals surface area contributed by atoms with Crippen LogP contribution in [0.3, 0.4) is 0 Å². The minimum Gasteiger partial charge on any atom is -0.309 e. The lowest BCUT2D eigenvalue weighted by molar-refractivity contribution is 1.18. The average molecular weight is 345 g/mol. The zero-order valence-corrected chi connectivity index (χ0v) is 14.9. The monoisotopic (exact) mass is 345 g/mol. The van der Waals surface area contributed by atoms with Gasteiger partial charge in [-0.15, -0.1) is 0 Å². The summed E-state index contributed by atoms with van der Waals surface area (Å²) in [6.45, 7) is 0. The number of rotatable bonds is 3. The van der Waals surface area contributed by atoms with Crippen molar-refractivity contribution in [3.8, 4) is 5.69 Å². The van der Waals surface area contributed by atoms with E-state index in [1.807, 2.05) is 6.07 Å². The summed E-state index contributed by atoms with van der Waals surface area (Å²) in [6.07, 6.45) is 4.33. The van der Waals surface area contributed by atoms with Gasteiger partial charge >= 0.3 is 0 Å². The summed E-state index contributed by atoms with van der Waals surface area (Å²) in [4.78, 5) is 0. The minimum absolute atomic E-state index is 1.18. The lowest BCUT2D eigenvalue weighted by Crippen LogP contribution is -1.93. The third-order valence-electron chi connectivity index (χ3n) is 4.98. The van der Waals surface area contributed by atoms with E-state index in [0.29, 0.717) is 0 Å². The molecular formula is C26H19N. The van der Waals surface area contributed by atoms with Gasteiger partial charge in [-0.2, -0.15) is 0 Å². The molecule has 1 heterocycles. The maximum absolute atomic E-state index is 2.35. The van der Waals surface area contributed by atoms with E-state index in [1.54, 1.807) is 0 Å². The van der Waals surface area contributed by atoms with Gasteiger partial charge in [-0.25, -0.2) is 0 Å². The Bertz CT molecular complexity index is 1210. The molecule has 0 spiro atoms. The minimum atomic E-state index is 1.18. The average Bonchev–Trinajstić information content (AvgIpc) is 3.08. The van der Waals surface area contributed by atoms with E-state index in [4.69, 9.17) is 0 Å². The highest BCUT2D eigenvalue weighted by Gasteiger charge is 2.10. The second-order valence-electron chi connectivity index (χ2n) is 6.71. The van der Waals surface area contributed by atoms with E-state index in [1.165, 1.54) is 38.6 Å². The van der Waals surface area contributed by atoms with Crippen LogP contribution < -0.4 is 0 Å². The molecule has 0 amide bonds. The second kappa shape index (κ2) is 6.62. The number of benzene rings is 4. The van der Waals surface area contributed by atoms with Gasteiger partial charge in [-0.3, -0.25) is 0 Å². The van der Waals surface area contributed by atoms with Crippen molar-refractivity contribution in [1.82, 2.24) is 4.57 Å². The molecule has 0 bridgehead atoms. The van der Waals surface area contributed by atoms with Crippen LogP contribution in [-0.2, 0) is 0 Å². The number of aromatic nitrogens is 1. The molecule has 0 radical (unpaired) electrons. The van der Waals surface area contributed by atoms with Crippen LogP contribution in [0.5, 0.6) is 0 Å². The number of fused-ring (bicyclic) bond motifs is 3. The molecule has 0 aliphatic rings. The van der Waals surface area contributed by atoms with Crippen LogP contribution >= 0.6 is 0 Å². The zero-order valence-electron chi connectivity index (χ0n) is 14.9. The highest BCUT2D eigenvalue weighted by molar-refractivity contribution is 6.09. The zero-order chi connectivity index (χ0) is 18.1. The first-order chi connectivity index (χ1) is 13.4. The van der Waals surface area contributed by atoms with Crippen LogP contribution in [0.15, 0.2) is 103 Å². The quantitative estimate of drug-likeness (QED) is 0.312. The van der Waals surface area contributed by atoms with Crippen molar-refractivity contribution in [1.29, 1.82) is 0 Å². The third kappa shape index (κ3) is 2.84. The predicted molar refractivity (Wildman–Crippen MR) is 116 cm³/mol. The van der Waals surface area contributed by atoms with E-state index in [9.17, 15) is 0 Å². The highest BCUT2D eigenvalue weighted by Crippen LogP contribution is 2.31. The fraction of sp³-hybridized carbons (Fsp3) is 0. The largest absolute Gasteiger partial charge is 0.309 e. The summed E-state index contributed by atoms with van der Waals surface area (Å²) in [5, 5.41) is 2.58. The van der Waals surface area contributed by atoms with Crippen molar-refractivity contribution in [2.45, 2.75) is 0 Å². The Morgan fingerprint density at radius 3 is 1.74 bits per heavy atom. The summed E-state index contributed by atoms with van der Waals surface area (Å²) in [5.41, 5.74) is 6.06. The van der Waals surface area contributed by atoms with Crippen LogP contribution in [0.1, 0.15) is 11.1 Å². The van der Waals surface area contributed by atoms with Crippen LogP contribution in [0.25, 0.3) is 39.6 Å². The third-order valence-corrected chi connectivity index (χ3v) is 4.98. The Morgan fingerprint density at radius 2 is 1.04 bits per heavy atom. The molecule has 0 saturated carbocycles. The molecule has 0 N–H and O–H groups in total. The Balaban J connectivity index is 1.66. The lowest BCUT2D eigenvalue weighted by atomic mass is 10.1. The topological polar surface area (TPSA) is 4.93 Å².